The topological polar surface area (TPSA) is 72.2 Å². The fraction of sp³-hybridized carbons (Fsp3) is 0.400. The summed E-state index contributed by atoms with van der Waals surface area (Å²) in [6, 6.07) is 7.13. The summed E-state index contributed by atoms with van der Waals surface area (Å²) < 4.78 is 1.58. The number of fused-ring (bicyclic) bond motifs is 1. The van der Waals surface area contributed by atoms with Gasteiger partial charge in [-0.1, -0.05) is 44.7 Å². The van der Waals surface area contributed by atoms with Crippen LogP contribution in [0.5, 0.6) is 0 Å². The van der Waals surface area contributed by atoms with E-state index in [1.165, 1.54) is 0 Å². The standard InChI is InChI=1S/C15H18N2O3S/c1-15(2,3)9-17-13(20)10-6-4-5-7-11(10)16-14(17)21-8-12(18)19/h4-7H,8-9H2,1-3H3,(H,18,19). The zero-order valence-electron chi connectivity index (χ0n) is 12.3. The van der Waals surface area contributed by atoms with Crippen molar-refractivity contribution in [3.8, 4) is 0 Å². The quantitative estimate of drug-likeness (QED) is 0.694. The molecular formula is C15H18N2O3S. The second-order valence-corrected chi connectivity index (χ2v) is 6.99. The highest BCUT2D eigenvalue weighted by molar-refractivity contribution is 7.99. The Hall–Kier alpha value is -1.82. The molecule has 2 aromatic rings. The van der Waals surface area contributed by atoms with Crippen LogP contribution in [0, 0.1) is 5.41 Å². The molecule has 0 aliphatic rings. The van der Waals surface area contributed by atoms with Crippen LogP contribution in [-0.2, 0) is 11.3 Å². The van der Waals surface area contributed by atoms with E-state index in [0.29, 0.717) is 22.6 Å². The maximum atomic E-state index is 12.6. The Kier molecular flexibility index (Phi) is 4.37. The van der Waals surface area contributed by atoms with Crippen molar-refractivity contribution in [3.63, 3.8) is 0 Å². The van der Waals surface area contributed by atoms with Crippen LogP contribution in [0.4, 0.5) is 0 Å². The van der Waals surface area contributed by atoms with E-state index >= 15 is 0 Å². The van der Waals surface area contributed by atoms with Gasteiger partial charge in [0.2, 0.25) is 0 Å². The fourth-order valence-corrected chi connectivity index (χ4v) is 2.72. The van der Waals surface area contributed by atoms with Crippen molar-refractivity contribution in [1.82, 2.24) is 9.55 Å². The molecule has 21 heavy (non-hydrogen) atoms. The lowest BCUT2D eigenvalue weighted by atomic mass is 9.97. The van der Waals surface area contributed by atoms with E-state index in [-0.39, 0.29) is 16.7 Å². The minimum Gasteiger partial charge on any atom is -0.481 e. The molecule has 1 heterocycles. The molecule has 1 N–H and O–H groups in total. The number of rotatable bonds is 4. The maximum Gasteiger partial charge on any atom is 0.313 e. The molecule has 112 valence electrons. The van der Waals surface area contributed by atoms with Gasteiger partial charge in [-0.15, -0.1) is 0 Å². The molecule has 1 aromatic carbocycles. The predicted octanol–water partition coefficient (Wildman–Crippen LogP) is 2.62. The van der Waals surface area contributed by atoms with Crippen LogP contribution >= 0.6 is 11.8 Å². The molecule has 0 saturated heterocycles. The van der Waals surface area contributed by atoms with Gasteiger partial charge >= 0.3 is 5.97 Å². The summed E-state index contributed by atoms with van der Waals surface area (Å²) in [7, 11) is 0. The minimum absolute atomic E-state index is 0.105. The van der Waals surface area contributed by atoms with Gasteiger partial charge < -0.3 is 5.11 Å². The number of aromatic nitrogens is 2. The van der Waals surface area contributed by atoms with Crippen LogP contribution in [0.25, 0.3) is 10.9 Å². The first-order valence-electron chi connectivity index (χ1n) is 6.62. The number of carboxylic acid groups (broad SMARTS) is 1. The van der Waals surface area contributed by atoms with Crippen LogP contribution < -0.4 is 5.56 Å². The maximum absolute atomic E-state index is 12.6. The SMILES string of the molecule is CC(C)(C)Cn1c(SCC(=O)O)nc2ccccc2c1=O. The van der Waals surface area contributed by atoms with Crippen LogP contribution in [-0.4, -0.2) is 26.4 Å². The summed E-state index contributed by atoms with van der Waals surface area (Å²) in [5.41, 5.74) is 0.371. The summed E-state index contributed by atoms with van der Waals surface area (Å²) in [5, 5.41) is 9.86. The van der Waals surface area contributed by atoms with E-state index in [0.717, 1.165) is 11.8 Å². The number of aliphatic carboxylic acids is 1. The average Bonchev–Trinajstić information content (AvgIpc) is 2.39. The molecule has 0 aliphatic heterocycles. The Bertz CT molecular complexity index is 732. The first kappa shape index (κ1) is 15.6. The molecule has 1 aromatic heterocycles. The molecule has 5 nitrogen and oxygen atoms in total. The lowest BCUT2D eigenvalue weighted by Gasteiger charge is -2.22. The van der Waals surface area contributed by atoms with Gasteiger partial charge in [0, 0.05) is 6.54 Å². The number of hydrogen-bond acceptors (Lipinski definition) is 4. The molecular weight excluding hydrogens is 288 g/mol. The number of carboxylic acids is 1. The van der Waals surface area contributed by atoms with Gasteiger partial charge in [0.05, 0.1) is 16.7 Å². The van der Waals surface area contributed by atoms with Crippen molar-refractivity contribution in [3.05, 3.63) is 34.6 Å². The highest BCUT2D eigenvalue weighted by Crippen LogP contribution is 2.22. The molecule has 0 aliphatic carbocycles. The van der Waals surface area contributed by atoms with Gasteiger partial charge in [-0.25, -0.2) is 4.98 Å². The van der Waals surface area contributed by atoms with Crippen LogP contribution in [0.15, 0.2) is 34.2 Å². The number of nitrogens with zero attached hydrogens (tertiary/aromatic N) is 2. The van der Waals surface area contributed by atoms with E-state index in [9.17, 15) is 9.59 Å². The summed E-state index contributed by atoms with van der Waals surface area (Å²) in [5.74, 6) is -1.04. The molecule has 0 saturated carbocycles. The van der Waals surface area contributed by atoms with Crippen LogP contribution in [0.1, 0.15) is 20.8 Å². The Balaban J connectivity index is 2.59. The Labute approximate surface area is 127 Å². The number of benzene rings is 1. The predicted molar refractivity (Wildman–Crippen MR) is 83.8 cm³/mol. The van der Waals surface area contributed by atoms with E-state index in [1.54, 1.807) is 22.8 Å². The highest BCUT2D eigenvalue weighted by Gasteiger charge is 2.18. The summed E-state index contributed by atoms with van der Waals surface area (Å²) in [6.45, 7) is 6.58. The van der Waals surface area contributed by atoms with Gasteiger partial charge in [-0.3, -0.25) is 14.2 Å². The van der Waals surface area contributed by atoms with E-state index in [2.05, 4.69) is 4.98 Å². The molecule has 6 heteroatoms. The number of hydrogen-bond donors (Lipinski definition) is 1. The van der Waals surface area contributed by atoms with E-state index in [4.69, 9.17) is 5.11 Å². The Morgan fingerprint density at radius 1 is 1.33 bits per heavy atom. The monoisotopic (exact) mass is 306 g/mol. The number of para-hydroxylation sites is 1. The van der Waals surface area contributed by atoms with Gasteiger partial charge in [-0.05, 0) is 17.5 Å². The van der Waals surface area contributed by atoms with Gasteiger partial charge in [0.25, 0.3) is 5.56 Å². The second kappa shape index (κ2) is 5.89. The van der Waals surface area contributed by atoms with Crippen molar-refractivity contribution in [2.75, 3.05) is 5.75 Å². The lowest BCUT2D eigenvalue weighted by Crippen LogP contribution is -2.29. The second-order valence-electron chi connectivity index (χ2n) is 6.05. The van der Waals surface area contributed by atoms with Crippen LogP contribution in [0.2, 0.25) is 0 Å². The molecule has 0 spiro atoms. The zero-order chi connectivity index (χ0) is 15.6. The highest BCUT2D eigenvalue weighted by atomic mass is 32.2. The van der Waals surface area contributed by atoms with Gasteiger partial charge in [0.1, 0.15) is 0 Å². The molecule has 0 fully saturated rings. The first-order chi connectivity index (χ1) is 9.78. The first-order valence-corrected chi connectivity index (χ1v) is 7.61. The smallest absolute Gasteiger partial charge is 0.313 e. The molecule has 0 atom stereocenters. The van der Waals surface area contributed by atoms with Crippen molar-refractivity contribution in [1.29, 1.82) is 0 Å². The number of thioether (sulfide) groups is 1. The van der Waals surface area contributed by atoms with E-state index in [1.807, 2.05) is 26.8 Å². The molecule has 2 rings (SSSR count). The third-order valence-corrected chi connectivity index (χ3v) is 3.74. The number of carbonyl (C=O) groups is 1. The molecule has 0 unspecified atom stereocenters. The summed E-state index contributed by atoms with van der Waals surface area (Å²) in [6.07, 6.45) is 0. The van der Waals surface area contributed by atoms with Gasteiger partial charge in [-0.2, -0.15) is 0 Å². The summed E-state index contributed by atoms with van der Waals surface area (Å²) >= 11 is 1.08. The fourth-order valence-electron chi connectivity index (χ4n) is 2.00. The third kappa shape index (κ3) is 3.85. The van der Waals surface area contributed by atoms with Crippen molar-refractivity contribution in [2.45, 2.75) is 32.5 Å². The third-order valence-electron chi connectivity index (χ3n) is 2.78. The summed E-state index contributed by atoms with van der Waals surface area (Å²) in [4.78, 5) is 27.9. The normalized spacial score (nSPS) is 11.8. The van der Waals surface area contributed by atoms with Crippen molar-refractivity contribution >= 4 is 28.6 Å². The van der Waals surface area contributed by atoms with Crippen molar-refractivity contribution in [2.24, 2.45) is 5.41 Å². The minimum atomic E-state index is -0.926. The molecule has 0 amide bonds. The van der Waals surface area contributed by atoms with E-state index < -0.39 is 5.97 Å². The molecule has 0 bridgehead atoms. The Morgan fingerprint density at radius 3 is 2.62 bits per heavy atom. The molecule has 0 radical (unpaired) electrons. The van der Waals surface area contributed by atoms with Crippen LogP contribution in [0.3, 0.4) is 0 Å². The van der Waals surface area contributed by atoms with Crippen molar-refractivity contribution < 1.29 is 9.90 Å². The average molecular weight is 306 g/mol. The largest absolute Gasteiger partial charge is 0.481 e. The lowest BCUT2D eigenvalue weighted by molar-refractivity contribution is -0.133. The zero-order valence-corrected chi connectivity index (χ0v) is 13.1. The Morgan fingerprint density at radius 2 is 2.00 bits per heavy atom. The van der Waals surface area contributed by atoms with Gasteiger partial charge in [0.15, 0.2) is 5.16 Å².